The van der Waals surface area contributed by atoms with E-state index in [4.69, 9.17) is 0 Å². The zero-order valence-electron chi connectivity index (χ0n) is 6.02. The van der Waals surface area contributed by atoms with Crippen LogP contribution in [0.2, 0.25) is 0 Å². The number of amides is 1. The second-order valence-corrected chi connectivity index (χ2v) is 2.70. The fraction of sp³-hybridized carbons (Fsp3) is 0.714. The predicted molar refractivity (Wildman–Crippen MR) is 36.4 cm³/mol. The minimum absolute atomic E-state index is 0.00542. The first-order valence-corrected chi connectivity index (χ1v) is 3.49. The summed E-state index contributed by atoms with van der Waals surface area (Å²) < 4.78 is 0. The van der Waals surface area contributed by atoms with Crippen LogP contribution in [0.5, 0.6) is 0 Å². The van der Waals surface area contributed by atoms with Gasteiger partial charge >= 0.3 is 0 Å². The molecule has 0 radical (unpaired) electrons. The van der Waals surface area contributed by atoms with Crippen LogP contribution in [0.4, 0.5) is 0 Å². The predicted octanol–water partition coefficient (Wildman–Crippen LogP) is 0.102. The van der Waals surface area contributed by atoms with Crippen molar-refractivity contribution in [2.24, 2.45) is 5.92 Å². The smallest absolute Gasteiger partial charge is 0.223 e. The molecule has 56 valence electrons. The van der Waals surface area contributed by atoms with E-state index in [2.05, 4.69) is 5.32 Å². The van der Waals surface area contributed by atoms with Gasteiger partial charge in [-0.2, -0.15) is 0 Å². The van der Waals surface area contributed by atoms with Crippen LogP contribution in [0.3, 0.4) is 0 Å². The quantitative estimate of drug-likeness (QED) is 0.520. The van der Waals surface area contributed by atoms with Crippen molar-refractivity contribution in [1.82, 2.24) is 5.32 Å². The number of carbonyl (C=O) groups is 2. The van der Waals surface area contributed by atoms with Crippen LogP contribution in [0.15, 0.2) is 0 Å². The Hall–Kier alpha value is -0.860. The first-order valence-electron chi connectivity index (χ1n) is 3.49. The number of rotatable bonds is 0. The summed E-state index contributed by atoms with van der Waals surface area (Å²) in [5.74, 6) is 0.148. The van der Waals surface area contributed by atoms with Gasteiger partial charge in [0.25, 0.3) is 0 Å². The second-order valence-electron chi connectivity index (χ2n) is 2.70. The van der Waals surface area contributed by atoms with Crippen LogP contribution < -0.4 is 5.32 Å². The highest BCUT2D eigenvalue weighted by molar-refractivity contribution is 5.89. The molecular formula is C7H11NO2. The number of hydrogen-bond acceptors (Lipinski definition) is 2. The molecule has 0 aliphatic carbocycles. The van der Waals surface area contributed by atoms with Gasteiger partial charge < -0.3 is 5.32 Å². The third-order valence-electron chi connectivity index (χ3n) is 1.76. The van der Waals surface area contributed by atoms with Gasteiger partial charge in [-0.1, -0.05) is 6.92 Å². The number of ketones is 1. The molecule has 0 aromatic rings. The summed E-state index contributed by atoms with van der Waals surface area (Å²) in [5, 5.41) is 2.56. The Morgan fingerprint density at radius 1 is 1.50 bits per heavy atom. The highest BCUT2D eigenvalue weighted by Crippen LogP contribution is 2.08. The molecule has 3 heteroatoms. The van der Waals surface area contributed by atoms with Gasteiger partial charge in [-0.3, -0.25) is 9.59 Å². The lowest BCUT2D eigenvalue weighted by Crippen LogP contribution is -2.29. The maximum atomic E-state index is 10.9. The summed E-state index contributed by atoms with van der Waals surface area (Å²) in [7, 11) is 0. The van der Waals surface area contributed by atoms with Gasteiger partial charge in [0.2, 0.25) is 5.91 Å². The second kappa shape index (κ2) is 2.82. The van der Waals surface area contributed by atoms with Crippen molar-refractivity contribution < 1.29 is 9.59 Å². The van der Waals surface area contributed by atoms with Crippen molar-refractivity contribution in [3.8, 4) is 0 Å². The molecule has 3 nitrogen and oxygen atoms in total. The van der Waals surface area contributed by atoms with Crippen molar-refractivity contribution in [3.63, 3.8) is 0 Å². The van der Waals surface area contributed by atoms with E-state index < -0.39 is 0 Å². The van der Waals surface area contributed by atoms with Crippen LogP contribution in [-0.4, -0.2) is 18.2 Å². The van der Waals surface area contributed by atoms with E-state index in [9.17, 15) is 9.59 Å². The average Bonchev–Trinajstić information content (AvgIpc) is 2.04. The van der Waals surface area contributed by atoms with Gasteiger partial charge in [-0.25, -0.2) is 0 Å². The Morgan fingerprint density at radius 3 is 2.90 bits per heavy atom. The molecule has 1 saturated heterocycles. The summed E-state index contributed by atoms with van der Waals surface area (Å²) in [5.41, 5.74) is 0. The summed E-state index contributed by atoms with van der Waals surface area (Å²) in [6.45, 7) is 2.07. The van der Waals surface area contributed by atoms with Gasteiger partial charge in [0.1, 0.15) is 0 Å². The van der Waals surface area contributed by atoms with Crippen LogP contribution in [0, 0.1) is 5.92 Å². The monoisotopic (exact) mass is 141 g/mol. The Kier molecular flexibility index (Phi) is 2.04. The molecule has 0 bridgehead atoms. The Balaban J connectivity index is 2.54. The van der Waals surface area contributed by atoms with E-state index in [1.54, 1.807) is 0 Å². The van der Waals surface area contributed by atoms with Gasteiger partial charge in [0, 0.05) is 12.3 Å². The molecule has 1 heterocycles. The summed E-state index contributed by atoms with van der Waals surface area (Å²) in [6, 6.07) is 0. The van der Waals surface area contributed by atoms with E-state index in [-0.39, 0.29) is 24.2 Å². The minimum Gasteiger partial charge on any atom is -0.349 e. The molecule has 1 atom stereocenters. The molecule has 1 N–H and O–H groups in total. The summed E-state index contributed by atoms with van der Waals surface area (Å²) in [4.78, 5) is 21.7. The molecule has 1 aliphatic rings. The number of hydrogen-bond donors (Lipinski definition) is 1. The first kappa shape index (κ1) is 7.25. The SMILES string of the molecule is CC1CCC(=O)CNC1=O. The summed E-state index contributed by atoms with van der Waals surface area (Å²) >= 11 is 0. The van der Waals surface area contributed by atoms with Crippen molar-refractivity contribution in [2.75, 3.05) is 6.54 Å². The molecule has 1 unspecified atom stereocenters. The Labute approximate surface area is 59.8 Å². The largest absolute Gasteiger partial charge is 0.349 e. The van der Waals surface area contributed by atoms with Gasteiger partial charge in [0.15, 0.2) is 5.78 Å². The van der Waals surface area contributed by atoms with E-state index in [0.29, 0.717) is 12.8 Å². The molecule has 10 heavy (non-hydrogen) atoms. The van der Waals surface area contributed by atoms with Crippen molar-refractivity contribution in [2.45, 2.75) is 19.8 Å². The Bertz CT molecular complexity index is 165. The van der Waals surface area contributed by atoms with E-state index in [0.717, 1.165) is 0 Å². The number of carbonyl (C=O) groups excluding carboxylic acids is 2. The molecule has 0 aromatic heterocycles. The average molecular weight is 141 g/mol. The van der Waals surface area contributed by atoms with Crippen molar-refractivity contribution in [3.05, 3.63) is 0 Å². The Morgan fingerprint density at radius 2 is 2.20 bits per heavy atom. The summed E-state index contributed by atoms with van der Waals surface area (Å²) in [6.07, 6.45) is 1.24. The van der Waals surface area contributed by atoms with Crippen LogP contribution in [0.1, 0.15) is 19.8 Å². The highest BCUT2D eigenvalue weighted by Gasteiger charge is 2.18. The lowest BCUT2D eigenvalue weighted by atomic mass is 10.1. The maximum Gasteiger partial charge on any atom is 0.223 e. The standard InChI is InChI=1S/C7H11NO2/c1-5-2-3-6(9)4-8-7(5)10/h5H,2-4H2,1H3,(H,8,10). The third kappa shape index (κ3) is 1.56. The van der Waals surface area contributed by atoms with Gasteiger partial charge in [0.05, 0.1) is 6.54 Å². The molecule has 1 rings (SSSR count). The van der Waals surface area contributed by atoms with E-state index in [1.807, 2.05) is 6.92 Å². The zero-order valence-corrected chi connectivity index (χ0v) is 6.02. The lowest BCUT2D eigenvalue weighted by Gasteiger charge is -2.02. The molecule has 0 saturated carbocycles. The van der Waals surface area contributed by atoms with Crippen LogP contribution in [0.25, 0.3) is 0 Å². The van der Waals surface area contributed by atoms with Crippen LogP contribution >= 0.6 is 0 Å². The fourth-order valence-corrected chi connectivity index (χ4v) is 0.957. The minimum atomic E-state index is 0.00542. The number of Topliss-reactive ketones (excluding diaryl/α,β-unsaturated/α-hetero) is 1. The molecule has 0 aromatic carbocycles. The van der Waals surface area contributed by atoms with Gasteiger partial charge in [-0.15, -0.1) is 0 Å². The first-order chi connectivity index (χ1) is 4.70. The number of nitrogens with one attached hydrogen (secondary N) is 1. The molecule has 0 spiro atoms. The normalized spacial score (nSPS) is 27.5. The van der Waals surface area contributed by atoms with Crippen LogP contribution in [-0.2, 0) is 9.59 Å². The van der Waals surface area contributed by atoms with Crippen molar-refractivity contribution >= 4 is 11.7 Å². The van der Waals surface area contributed by atoms with E-state index >= 15 is 0 Å². The molecule has 1 aliphatic heterocycles. The zero-order chi connectivity index (χ0) is 7.56. The highest BCUT2D eigenvalue weighted by atomic mass is 16.2. The fourth-order valence-electron chi connectivity index (χ4n) is 0.957. The molecule has 1 amide bonds. The lowest BCUT2D eigenvalue weighted by molar-refractivity contribution is -0.125. The van der Waals surface area contributed by atoms with E-state index in [1.165, 1.54) is 0 Å². The maximum absolute atomic E-state index is 10.9. The molecule has 1 fully saturated rings. The van der Waals surface area contributed by atoms with Crippen molar-refractivity contribution in [1.29, 1.82) is 0 Å². The molecular weight excluding hydrogens is 130 g/mol. The topological polar surface area (TPSA) is 46.2 Å². The van der Waals surface area contributed by atoms with Gasteiger partial charge in [-0.05, 0) is 6.42 Å². The third-order valence-corrected chi connectivity index (χ3v) is 1.76.